The lowest BCUT2D eigenvalue weighted by Gasteiger charge is -2.32. The van der Waals surface area contributed by atoms with Gasteiger partial charge in [0.1, 0.15) is 0 Å². The molecule has 0 aliphatic heterocycles. The van der Waals surface area contributed by atoms with E-state index < -0.39 is 17.4 Å². The molecule has 1 saturated carbocycles. The van der Waals surface area contributed by atoms with E-state index in [0.29, 0.717) is 6.42 Å². The van der Waals surface area contributed by atoms with Crippen LogP contribution in [0.3, 0.4) is 0 Å². The van der Waals surface area contributed by atoms with Crippen LogP contribution in [0.4, 0.5) is 0 Å². The van der Waals surface area contributed by atoms with Gasteiger partial charge in [0.05, 0.1) is 11.0 Å². The molecule has 2 bridgehead atoms. The van der Waals surface area contributed by atoms with Crippen molar-refractivity contribution in [2.24, 2.45) is 17.3 Å². The zero-order chi connectivity index (χ0) is 12.1. The Morgan fingerprint density at radius 1 is 1.38 bits per heavy atom. The molecule has 2 aliphatic carbocycles. The van der Waals surface area contributed by atoms with Crippen LogP contribution >= 0.6 is 0 Å². The third-order valence-electron chi connectivity index (χ3n) is 4.05. The zero-order valence-corrected chi connectivity index (χ0v) is 9.23. The lowest BCUT2D eigenvalue weighted by molar-refractivity contribution is -0.149. The molecule has 86 valence electrons. The molecular weight excluding hydrogens is 208 g/mol. The van der Waals surface area contributed by atoms with Gasteiger partial charge >= 0.3 is 11.9 Å². The van der Waals surface area contributed by atoms with Crippen LogP contribution in [0.15, 0.2) is 23.3 Å². The largest absolute Gasteiger partial charge is 0.481 e. The first-order chi connectivity index (χ1) is 7.41. The van der Waals surface area contributed by atoms with Crippen LogP contribution in [-0.4, -0.2) is 22.2 Å². The Hall–Kier alpha value is -1.58. The van der Waals surface area contributed by atoms with E-state index in [2.05, 4.69) is 0 Å². The summed E-state index contributed by atoms with van der Waals surface area (Å²) in [7, 11) is 0. The molecule has 0 saturated heterocycles. The molecule has 2 N–H and O–H groups in total. The number of carbonyl (C=O) groups is 2. The summed E-state index contributed by atoms with van der Waals surface area (Å²) >= 11 is 0. The SMILES string of the molecule is CC1CC2=C(C(=O)O)C=CC1(C(=O)O)C2C. The summed E-state index contributed by atoms with van der Waals surface area (Å²) < 4.78 is 0. The van der Waals surface area contributed by atoms with Gasteiger partial charge in [-0.15, -0.1) is 0 Å². The molecule has 0 spiro atoms. The van der Waals surface area contributed by atoms with E-state index in [1.54, 1.807) is 13.0 Å². The van der Waals surface area contributed by atoms with E-state index >= 15 is 0 Å². The predicted octanol–water partition coefficient (Wildman–Crippen LogP) is 1.68. The highest BCUT2D eigenvalue weighted by molar-refractivity contribution is 5.93. The number of hydrogen-bond donors (Lipinski definition) is 2. The lowest BCUT2D eigenvalue weighted by atomic mass is 9.70. The molecule has 0 amide bonds. The minimum Gasteiger partial charge on any atom is -0.481 e. The Bertz CT molecular complexity index is 432. The first-order valence-corrected chi connectivity index (χ1v) is 5.30. The second-order valence-corrected chi connectivity index (χ2v) is 4.64. The smallest absolute Gasteiger partial charge is 0.335 e. The average Bonchev–Trinajstić information content (AvgIpc) is 2.37. The number of rotatable bonds is 2. The van der Waals surface area contributed by atoms with E-state index in [1.165, 1.54) is 6.08 Å². The maximum Gasteiger partial charge on any atom is 0.335 e. The van der Waals surface area contributed by atoms with Crippen LogP contribution in [0.25, 0.3) is 0 Å². The second kappa shape index (κ2) is 3.20. The summed E-state index contributed by atoms with van der Waals surface area (Å²) in [6, 6.07) is 0. The highest BCUT2D eigenvalue weighted by Crippen LogP contribution is 2.55. The summed E-state index contributed by atoms with van der Waals surface area (Å²) in [5.74, 6) is -2.10. The molecule has 4 nitrogen and oxygen atoms in total. The second-order valence-electron chi connectivity index (χ2n) is 4.64. The van der Waals surface area contributed by atoms with Gasteiger partial charge in [0.25, 0.3) is 0 Å². The van der Waals surface area contributed by atoms with Crippen LogP contribution in [0, 0.1) is 17.3 Å². The fourth-order valence-corrected chi connectivity index (χ4v) is 3.05. The number of hydrogen-bond acceptors (Lipinski definition) is 2. The standard InChI is InChI=1S/C12H14O4/c1-6-5-9-7(2)12(6,11(15)16)4-3-8(9)10(13)14/h3-4,6-7H,5H2,1-2H3,(H,13,14)(H,15,16). The molecule has 2 rings (SSSR count). The molecule has 0 aromatic rings. The van der Waals surface area contributed by atoms with E-state index in [0.717, 1.165) is 5.57 Å². The summed E-state index contributed by atoms with van der Waals surface area (Å²) in [5, 5.41) is 18.4. The molecule has 3 atom stereocenters. The third kappa shape index (κ3) is 1.10. The zero-order valence-electron chi connectivity index (χ0n) is 9.23. The van der Waals surface area contributed by atoms with E-state index in [4.69, 9.17) is 5.11 Å². The average molecular weight is 222 g/mol. The van der Waals surface area contributed by atoms with Crippen molar-refractivity contribution >= 4 is 11.9 Å². The maximum atomic E-state index is 11.4. The number of aliphatic carboxylic acids is 2. The van der Waals surface area contributed by atoms with Crippen molar-refractivity contribution in [2.45, 2.75) is 20.3 Å². The van der Waals surface area contributed by atoms with Gasteiger partial charge in [0.2, 0.25) is 0 Å². The van der Waals surface area contributed by atoms with Gasteiger partial charge in [-0.1, -0.05) is 31.6 Å². The van der Waals surface area contributed by atoms with Gasteiger partial charge in [0, 0.05) is 0 Å². The van der Waals surface area contributed by atoms with Gasteiger partial charge in [-0.3, -0.25) is 4.79 Å². The van der Waals surface area contributed by atoms with Crippen LogP contribution in [0.5, 0.6) is 0 Å². The number of carboxylic acid groups (broad SMARTS) is 2. The van der Waals surface area contributed by atoms with Gasteiger partial charge in [-0.2, -0.15) is 0 Å². The maximum absolute atomic E-state index is 11.4. The molecule has 0 aromatic heterocycles. The Morgan fingerprint density at radius 3 is 2.50 bits per heavy atom. The summed E-state index contributed by atoms with van der Waals surface area (Å²) in [5.41, 5.74) is 0.132. The normalized spacial score (nSPS) is 36.6. The quantitative estimate of drug-likeness (QED) is 0.745. The van der Waals surface area contributed by atoms with Crippen LogP contribution in [-0.2, 0) is 9.59 Å². The minimum atomic E-state index is -0.966. The highest BCUT2D eigenvalue weighted by atomic mass is 16.4. The molecule has 0 radical (unpaired) electrons. The summed E-state index contributed by atoms with van der Waals surface area (Å²) in [4.78, 5) is 22.4. The van der Waals surface area contributed by atoms with Crippen LogP contribution in [0.2, 0.25) is 0 Å². The van der Waals surface area contributed by atoms with E-state index in [-0.39, 0.29) is 17.4 Å². The Labute approximate surface area is 93.3 Å². The predicted molar refractivity (Wildman–Crippen MR) is 56.8 cm³/mol. The number of carboxylic acids is 2. The molecule has 16 heavy (non-hydrogen) atoms. The van der Waals surface area contributed by atoms with E-state index in [1.807, 2.05) is 6.92 Å². The van der Waals surface area contributed by atoms with Gasteiger partial charge < -0.3 is 10.2 Å². The van der Waals surface area contributed by atoms with Crippen molar-refractivity contribution in [3.8, 4) is 0 Å². The lowest BCUT2D eigenvalue weighted by Crippen LogP contribution is -2.38. The summed E-state index contributed by atoms with van der Waals surface area (Å²) in [6.07, 6.45) is 3.57. The number of fused-ring (bicyclic) bond motifs is 2. The Balaban J connectivity index is 2.57. The summed E-state index contributed by atoms with van der Waals surface area (Å²) in [6.45, 7) is 3.67. The molecule has 1 fully saturated rings. The molecule has 2 aliphatic rings. The fraction of sp³-hybridized carbons (Fsp3) is 0.500. The molecule has 4 heteroatoms. The van der Waals surface area contributed by atoms with Gasteiger partial charge in [-0.05, 0) is 18.3 Å². The van der Waals surface area contributed by atoms with Crippen LogP contribution in [0.1, 0.15) is 20.3 Å². The Morgan fingerprint density at radius 2 is 2.00 bits per heavy atom. The van der Waals surface area contributed by atoms with Crippen molar-refractivity contribution in [1.82, 2.24) is 0 Å². The Kier molecular flexibility index (Phi) is 2.19. The molecule has 0 aromatic carbocycles. The minimum absolute atomic E-state index is 0.0527. The first-order valence-electron chi connectivity index (χ1n) is 5.30. The monoisotopic (exact) mass is 222 g/mol. The van der Waals surface area contributed by atoms with Crippen molar-refractivity contribution in [3.05, 3.63) is 23.3 Å². The van der Waals surface area contributed by atoms with Crippen molar-refractivity contribution in [1.29, 1.82) is 0 Å². The third-order valence-corrected chi connectivity index (χ3v) is 4.05. The fourth-order valence-electron chi connectivity index (χ4n) is 3.05. The van der Waals surface area contributed by atoms with Crippen molar-refractivity contribution < 1.29 is 19.8 Å². The highest BCUT2D eigenvalue weighted by Gasteiger charge is 2.55. The van der Waals surface area contributed by atoms with Crippen molar-refractivity contribution in [3.63, 3.8) is 0 Å². The molecule has 3 unspecified atom stereocenters. The topological polar surface area (TPSA) is 74.6 Å². The van der Waals surface area contributed by atoms with Crippen LogP contribution < -0.4 is 0 Å². The van der Waals surface area contributed by atoms with Crippen molar-refractivity contribution in [2.75, 3.05) is 0 Å². The molecular formula is C12H14O4. The van der Waals surface area contributed by atoms with E-state index in [9.17, 15) is 14.7 Å². The number of allylic oxidation sites excluding steroid dienone is 1. The van der Waals surface area contributed by atoms with Gasteiger partial charge in [-0.25, -0.2) is 4.79 Å². The first kappa shape index (κ1) is 10.9. The molecule has 0 heterocycles. The van der Waals surface area contributed by atoms with Gasteiger partial charge in [0.15, 0.2) is 0 Å².